The lowest BCUT2D eigenvalue weighted by Gasteiger charge is -2.35. The molecule has 1 aliphatic heterocycles. The Kier molecular flexibility index (Phi) is 7.43. The zero-order valence-corrected chi connectivity index (χ0v) is 16.6. The number of carbonyl (C=O) groups is 1. The number of anilines is 1. The van der Waals surface area contributed by atoms with Gasteiger partial charge in [-0.15, -0.1) is 0 Å². The van der Waals surface area contributed by atoms with Gasteiger partial charge in [0.2, 0.25) is 5.91 Å². The molecule has 1 fully saturated rings. The van der Waals surface area contributed by atoms with E-state index in [9.17, 15) is 13.2 Å². The van der Waals surface area contributed by atoms with Crippen molar-refractivity contribution >= 4 is 21.4 Å². The van der Waals surface area contributed by atoms with Crippen LogP contribution in [-0.2, 0) is 19.4 Å². The van der Waals surface area contributed by atoms with Crippen LogP contribution in [0.3, 0.4) is 0 Å². The molecule has 1 heterocycles. The summed E-state index contributed by atoms with van der Waals surface area (Å²) in [6.45, 7) is 3.41. The van der Waals surface area contributed by atoms with E-state index in [0.717, 1.165) is 30.6 Å². The van der Waals surface area contributed by atoms with Crippen molar-refractivity contribution in [3.05, 3.63) is 29.8 Å². The molecule has 1 aliphatic rings. The topological polar surface area (TPSA) is 79.0 Å². The van der Waals surface area contributed by atoms with Gasteiger partial charge in [-0.1, -0.05) is 12.1 Å². The second-order valence-electron chi connectivity index (χ2n) is 6.83. The highest BCUT2D eigenvalue weighted by Crippen LogP contribution is 2.23. The summed E-state index contributed by atoms with van der Waals surface area (Å²) in [5, 5.41) is 2.89. The van der Waals surface area contributed by atoms with Gasteiger partial charge in [-0.2, -0.15) is 0 Å². The molecular weight excluding hydrogens is 354 g/mol. The average Bonchev–Trinajstić information content (AvgIpc) is 2.61. The first kappa shape index (κ1) is 20.7. The monoisotopic (exact) mass is 383 g/mol. The fourth-order valence-electron chi connectivity index (χ4n) is 2.92. The molecule has 1 N–H and O–H groups in total. The smallest absolute Gasteiger partial charge is 0.221 e. The highest BCUT2D eigenvalue weighted by molar-refractivity contribution is 7.90. The molecule has 1 unspecified atom stereocenters. The van der Waals surface area contributed by atoms with Crippen molar-refractivity contribution in [1.82, 2.24) is 10.2 Å². The summed E-state index contributed by atoms with van der Waals surface area (Å²) >= 11 is 0. The lowest BCUT2D eigenvalue weighted by atomic mass is 10.0. The van der Waals surface area contributed by atoms with Crippen LogP contribution in [0, 0.1) is 0 Å². The molecule has 7 nitrogen and oxygen atoms in total. The molecule has 0 saturated carbocycles. The van der Waals surface area contributed by atoms with E-state index in [0.29, 0.717) is 19.8 Å². The van der Waals surface area contributed by atoms with Crippen molar-refractivity contribution in [3.8, 4) is 0 Å². The molecule has 1 saturated heterocycles. The summed E-state index contributed by atoms with van der Waals surface area (Å²) in [6, 6.07) is 8.33. The van der Waals surface area contributed by atoms with Crippen LogP contribution in [-0.4, -0.2) is 78.2 Å². The SMILES string of the molecule is CN(C)c1ccc(C(CNC(=O)CCS(C)(=O)=O)N2CCOCC2)cc1. The van der Waals surface area contributed by atoms with Crippen LogP contribution in [0.2, 0.25) is 0 Å². The average molecular weight is 384 g/mol. The van der Waals surface area contributed by atoms with Gasteiger partial charge in [0.05, 0.1) is 25.0 Å². The Hall–Kier alpha value is -1.64. The third kappa shape index (κ3) is 6.59. The van der Waals surface area contributed by atoms with E-state index in [2.05, 4.69) is 34.5 Å². The van der Waals surface area contributed by atoms with Crippen LogP contribution in [0.1, 0.15) is 18.0 Å². The van der Waals surface area contributed by atoms with Gasteiger partial charge in [0, 0.05) is 52.1 Å². The molecule has 8 heteroatoms. The van der Waals surface area contributed by atoms with Crippen LogP contribution in [0.15, 0.2) is 24.3 Å². The number of amides is 1. The molecule has 0 aromatic heterocycles. The van der Waals surface area contributed by atoms with Gasteiger partial charge in [-0.3, -0.25) is 9.69 Å². The van der Waals surface area contributed by atoms with E-state index < -0.39 is 9.84 Å². The van der Waals surface area contributed by atoms with Crippen molar-refractivity contribution in [2.45, 2.75) is 12.5 Å². The number of rotatable bonds is 8. The Morgan fingerprint density at radius 3 is 2.38 bits per heavy atom. The maximum Gasteiger partial charge on any atom is 0.221 e. The second-order valence-corrected chi connectivity index (χ2v) is 9.09. The summed E-state index contributed by atoms with van der Waals surface area (Å²) < 4.78 is 27.9. The van der Waals surface area contributed by atoms with Crippen LogP contribution in [0.5, 0.6) is 0 Å². The number of sulfone groups is 1. The largest absolute Gasteiger partial charge is 0.379 e. The van der Waals surface area contributed by atoms with Gasteiger partial charge in [0.1, 0.15) is 9.84 Å². The Bertz CT molecular complexity index is 683. The Morgan fingerprint density at radius 2 is 1.85 bits per heavy atom. The second kappa shape index (κ2) is 9.34. The number of ether oxygens (including phenoxy) is 1. The molecule has 26 heavy (non-hydrogen) atoms. The highest BCUT2D eigenvalue weighted by Gasteiger charge is 2.23. The minimum absolute atomic E-state index is 0.00572. The van der Waals surface area contributed by atoms with E-state index in [4.69, 9.17) is 4.74 Å². The molecule has 2 rings (SSSR count). The van der Waals surface area contributed by atoms with Gasteiger partial charge in [0.25, 0.3) is 0 Å². The highest BCUT2D eigenvalue weighted by atomic mass is 32.2. The molecule has 1 atom stereocenters. The number of carbonyl (C=O) groups excluding carboxylic acids is 1. The van der Waals surface area contributed by atoms with Gasteiger partial charge in [-0.25, -0.2) is 8.42 Å². The molecule has 0 aliphatic carbocycles. The van der Waals surface area contributed by atoms with Crippen LogP contribution >= 0.6 is 0 Å². The number of benzene rings is 1. The zero-order valence-electron chi connectivity index (χ0n) is 15.8. The van der Waals surface area contributed by atoms with Gasteiger partial charge < -0.3 is 15.0 Å². The van der Waals surface area contributed by atoms with Crippen LogP contribution in [0.25, 0.3) is 0 Å². The first-order valence-electron chi connectivity index (χ1n) is 8.80. The molecular formula is C18H29N3O4S. The predicted octanol–water partition coefficient (Wildman–Crippen LogP) is 0.677. The van der Waals surface area contributed by atoms with E-state index in [1.165, 1.54) is 0 Å². The number of hydrogen-bond acceptors (Lipinski definition) is 6. The lowest BCUT2D eigenvalue weighted by Crippen LogP contribution is -2.44. The first-order valence-corrected chi connectivity index (χ1v) is 10.9. The van der Waals surface area contributed by atoms with Crippen LogP contribution < -0.4 is 10.2 Å². The Labute approximate surface area is 156 Å². The normalized spacial score (nSPS) is 16.9. The van der Waals surface area contributed by atoms with E-state index in [1.807, 2.05) is 19.0 Å². The quantitative estimate of drug-likeness (QED) is 0.711. The molecule has 1 aromatic rings. The zero-order chi connectivity index (χ0) is 19.2. The van der Waals surface area contributed by atoms with Crippen molar-refractivity contribution in [1.29, 1.82) is 0 Å². The third-order valence-corrected chi connectivity index (χ3v) is 5.42. The molecule has 0 radical (unpaired) electrons. The third-order valence-electron chi connectivity index (χ3n) is 4.47. The minimum Gasteiger partial charge on any atom is -0.379 e. The van der Waals surface area contributed by atoms with Crippen molar-refractivity contribution in [3.63, 3.8) is 0 Å². The van der Waals surface area contributed by atoms with Gasteiger partial charge in [0.15, 0.2) is 0 Å². The molecule has 1 aromatic carbocycles. The minimum atomic E-state index is -3.14. The van der Waals surface area contributed by atoms with Crippen LogP contribution in [0.4, 0.5) is 5.69 Å². The summed E-state index contributed by atoms with van der Waals surface area (Å²) in [4.78, 5) is 16.4. The standard InChI is InChI=1S/C18H29N3O4S/c1-20(2)16-6-4-15(5-7-16)17(21-9-11-25-12-10-21)14-19-18(22)8-13-26(3,23)24/h4-7,17H,8-14H2,1-3H3,(H,19,22). The van der Waals surface area contributed by atoms with E-state index in [-0.39, 0.29) is 24.1 Å². The fourth-order valence-corrected chi connectivity index (χ4v) is 3.47. The van der Waals surface area contributed by atoms with Crippen molar-refractivity contribution in [2.24, 2.45) is 0 Å². The molecule has 1 amide bonds. The maximum absolute atomic E-state index is 12.0. The number of nitrogens with one attached hydrogen (secondary N) is 1. The lowest BCUT2D eigenvalue weighted by molar-refractivity contribution is -0.121. The Morgan fingerprint density at radius 1 is 1.23 bits per heavy atom. The summed E-state index contributed by atoms with van der Waals surface area (Å²) in [7, 11) is 0.857. The van der Waals surface area contributed by atoms with Crippen molar-refractivity contribution in [2.75, 3.05) is 63.9 Å². The first-order chi connectivity index (χ1) is 12.3. The number of morpholine rings is 1. The maximum atomic E-state index is 12.0. The number of nitrogens with zero attached hydrogens (tertiary/aromatic N) is 2. The summed E-state index contributed by atoms with van der Waals surface area (Å²) in [5.74, 6) is -0.364. The van der Waals surface area contributed by atoms with E-state index >= 15 is 0 Å². The Balaban J connectivity index is 2.05. The van der Waals surface area contributed by atoms with E-state index in [1.54, 1.807) is 0 Å². The predicted molar refractivity (Wildman–Crippen MR) is 103 cm³/mol. The van der Waals surface area contributed by atoms with Gasteiger partial charge in [-0.05, 0) is 17.7 Å². The molecule has 0 spiro atoms. The summed E-state index contributed by atoms with van der Waals surface area (Å²) in [6.07, 6.45) is 1.14. The van der Waals surface area contributed by atoms with Crippen molar-refractivity contribution < 1.29 is 17.9 Å². The number of hydrogen-bond donors (Lipinski definition) is 1. The molecule has 146 valence electrons. The summed E-state index contributed by atoms with van der Waals surface area (Å²) in [5.41, 5.74) is 2.24. The molecule has 0 bridgehead atoms. The van der Waals surface area contributed by atoms with Gasteiger partial charge >= 0.3 is 0 Å². The fraction of sp³-hybridized carbons (Fsp3) is 0.611.